The van der Waals surface area contributed by atoms with Gasteiger partial charge in [0.25, 0.3) is 5.91 Å². The fourth-order valence-electron chi connectivity index (χ4n) is 3.85. The molecule has 0 bridgehead atoms. The highest BCUT2D eigenvalue weighted by Crippen LogP contribution is 2.33. The molecule has 0 aromatic heterocycles. The second-order valence-corrected chi connectivity index (χ2v) is 9.43. The van der Waals surface area contributed by atoms with E-state index in [4.69, 9.17) is 0 Å². The number of hydrogen-bond donors (Lipinski definition) is 1. The fourth-order valence-corrected chi connectivity index (χ4v) is 4.90. The van der Waals surface area contributed by atoms with Crippen molar-refractivity contribution >= 4 is 40.6 Å². The lowest BCUT2D eigenvalue weighted by Crippen LogP contribution is -2.34. The van der Waals surface area contributed by atoms with Gasteiger partial charge in [-0.05, 0) is 67.4 Å². The molecule has 4 rings (SSSR count). The molecule has 0 aliphatic heterocycles. The molecule has 0 aliphatic carbocycles. The number of rotatable bonds is 8. The zero-order valence-electron chi connectivity index (χ0n) is 19.8. The standard InChI is InChI=1S/C30H28N2O2S/c1-3-28(30(34)32(24-15-6-4-7-16-24)25-17-8-5-9-18-25)35-26-19-12-14-23(21-26)31-29(33)27-20-11-10-13-22(27)2/h4-21,28H,3H2,1-2H3,(H,31,33). The molecule has 2 amide bonds. The van der Waals surface area contributed by atoms with E-state index in [9.17, 15) is 9.59 Å². The molecule has 1 N–H and O–H groups in total. The van der Waals surface area contributed by atoms with Crippen LogP contribution in [0.2, 0.25) is 0 Å². The maximum Gasteiger partial charge on any atom is 0.255 e. The summed E-state index contributed by atoms with van der Waals surface area (Å²) in [5.41, 5.74) is 3.94. The first kappa shape index (κ1) is 24.3. The lowest BCUT2D eigenvalue weighted by Gasteiger charge is -2.27. The van der Waals surface area contributed by atoms with Crippen LogP contribution in [0.5, 0.6) is 0 Å². The number of benzene rings is 4. The average molecular weight is 481 g/mol. The van der Waals surface area contributed by atoms with E-state index in [1.165, 1.54) is 11.8 Å². The van der Waals surface area contributed by atoms with E-state index >= 15 is 0 Å². The number of aryl methyl sites for hydroxylation is 1. The van der Waals surface area contributed by atoms with Crippen LogP contribution in [0.15, 0.2) is 114 Å². The maximum absolute atomic E-state index is 13.8. The van der Waals surface area contributed by atoms with E-state index in [0.29, 0.717) is 17.7 Å². The summed E-state index contributed by atoms with van der Waals surface area (Å²) in [7, 11) is 0. The van der Waals surface area contributed by atoms with Crippen LogP contribution in [-0.2, 0) is 4.79 Å². The lowest BCUT2D eigenvalue weighted by atomic mass is 10.1. The van der Waals surface area contributed by atoms with Crippen molar-refractivity contribution in [2.75, 3.05) is 10.2 Å². The number of carbonyl (C=O) groups is 2. The predicted molar refractivity (Wildman–Crippen MR) is 146 cm³/mol. The van der Waals surface area contributed by atoms with Gasteiger partial charge in [0.2, 0.25) is 5.91 Å². The quantitative estimate of drug-likeness (QED) is 0.266. The number of hydrogen-bond acceptors (Lipinski definition) is 3. The predicted octanol–water partition coefficient (Wildman–Crippen LogP) is 7.48. The van der Waals surface area contributed by atoms with Crippen LogP contribution in [-0.4, -0.2) is 17.1 Å². The third-order valence-corrected chi connectivity index (χ3v) is 7.00. The Hall–Kier alpha value is -3.83. The van der Waals surface area contributed by atoms with Crippen LogP contribution in [0.4, 0.5) is 17.1 Å². The second kappa shape index (κ2) is 11.5. The van der Waals surface area contributed by atoms with Gasteiger partial charge < -0.3 is 5.32 Å². The number of nitrogens with zero attached hydrogens (tertiary/aromatic N) is 1. The molecule has 176 valence electrons. The molecule has 4 nitrogen and oxygen atoms in total. The van der Waals surface area contributed by atoms with Gasteiger partial charge in [0.05, 0.1) is 5.25 Å². The minimum atomic E-state index is -0.294. The SMILES string of the molecule is CCC(Sc1cccc(NC(=O)c2ccccc2C)c1)C(=O)N(c1ccccc1)c1ccccc1. The molecule has 35 heavy (non-hydrogen) atoms. The van der Waals surface area contributed by atoms with Gasteiger partial charge in [-0.15, -0.1) is 11.8 Å². The van der Waals surface area contributed by atoms with Crippen LogP contribution in [0.3, 0.4) is 0 Å². The van der Waals surface area contributed by atoms with E-state index in [1.807, 2.05) is 123 Å². The monoisotopic (exact) mass is 480 g/mol. The first-order valence-corrected chi connectivity index (χ1v) is 12.5. The summed E-state index contributed by atoms with van der Waals surface area (Å²) in [6.07, 6.45) is 0.666. The fraction of sp³-hybridized carbons (Fsp3) is 0.133. The van der Waals surface area contributed by atoms with E-state index in [-0.39, 0.29) is 17.1 Å². The number of thioether (sulfide) groups is 1. The van der Waals surface area contributed by atoms with Crippen molar-refractivity contribution < 1.29 is 9.59 Å². The molecule has 0 spiro atoms. The van der Waals surface area contributed by atoms with Crippen molar-refractivity contribution in [1.82, 2.24) is 0 Å². The Balaban J connectivity index is 1.55. The molecule has 1 atom stereocenters. The molecule has 1 unspecified atom stereocenters. The summed E-state index contributed by atoms with van der Waals surface area (Å²) < 4.78 is 0. The normalized spacial score (nSPS) is 11.5. The first-order chi connectivity index (χ1) is 17.1. The molecule has 5 heteroatoms. The van der Waals surface area contributed by atoms with Crippen molar-refractivity contribution in [3.05, 3.63) is 120 Å². The third-order valence-electron chi connectivity index (χ3n) is 5.66. The van der Waals surface area contributed by atoms with Crippen LogP contribution >= 0.6 is 11.8 Å². The van der Waals surface area contributed by atoms with Gasteiger partial charge in [-0.1, -0.05) is 67.6 Å². The highest BCUT2D eigenvalue weighted by Gasteiger charge is 2.26. The summed E-state index contributed by atoms with van der Waals surface area (Å²) in [6, 6.07) is 34.6. The molecule has 0 radical (unpaired) electrons. The summed E-state index contributed by atoms with van der Waals surface area (Å²) in [5.74, 6) is -0.128. The molecule has 4 aromatic carbocycles. The topological polar surface area (TPSA) is 49.4 Å². The Bertz CT molecular complexity index is 1250. The van der Waals surface area contributed by atoms with Crippen molar-refractivity contribution in [1.29, 1.82) is 0 Å². The molecular weight excluding hydrogens is 452 g/mol. The second-order valence-electron chi connectivity index (χ2n) is 8.16. The summed E-state index contributed by atoms with van der Waals surface area (Å²) >= 11 is 1.51. The molecular formula is C30H28N2O2S. The molecule has 0 heterocycles. The third kappa shape index (κ3) is 6.00. The largest absolute Gasteiger partial charge is 0.322 e. The van der Waals surface area contributed by atoms with Crippen LogP contribution in [0, 0.1) is 6.92 Å². The van der Waals surface area contributed by atoms with Gasteiger partial charge in [0.15, 0.2) is 0 Å². The minimum Gasteiger partial charge on any atom is -0.322 e. The number of para-hydroxylation sites is 2. The first-order valence-electron chi connectivity index (χ1n) is 11.6. The van der Waals surface area contributed by atoms with E-state index in [1.54, 1.807) is 4.90 Å². The Morgan fingerprint density at radius 3 is 2.00 bits per heavy atom. The van der Waals surface area contributed by atoms with Gasteiger partial charge in [-0.2, -0.15) is 0 Å². The van der Waals surface area contributed by atoms with Crippen molar-refractivity contribution in [3.63, 3.8) is 0 Å². The zero-order chi connectivity index (χ0) is 24.6. The summed E-state index contributed by atoms with van der Waals surface area (Å²) in [4.78, 5) is 29.3. The van der Waals surface area contributed by atoms with Crippen molar-refractivity contribution in [2.24, 2.45) is 0 Å². The molecule has 0 saturated heterocycles. The zero-order valence-corrected chi connectivity index (χ0v) is 20.7. The van der Waals surface area contributed by atoms with Gasteiger partial charge in [-0.3, -0.25) is 14.5 Å². The van der Waals surface area contributed by atoms with Gasteiger partial charge >= 0.3 is 0 Å². The maximum atomic E-state index is 13.8. The average Bonchev–Trinajstić information content (AvgIpc) is 2.89. The molecule has 0 saturated carbocycles. The van der Waals surface area contributed by atoms with E-state index in [2.05, 4.69) is 5.32 Å². The van der Waals surface area contributed by atoms with Gasteiger partial charge in [0, 0.05) is 27.5 Å². The Morgan fingerprint density at radius 2 is 1.40 bits per heavy atom. The van der Waals surface area contributed by atoms with E-state index < -0.39 is 0 Å². The Labute approximate surface area is 211 Å². The Morgan fingerprint density at radius 1 is 0.800 bits per heavy atom. The molecule has 4 aromatic rings. The van der Waals surface area contributed by atoms with E-state index in [0.717, 1.165) is 21.8 Å². The summed E-state index contributed by atoms with van der Waals surface area (Å²) in [6.45, 7) is 3.94. The van der Waals surface area contributed by atoms with Gasteiger partial charge in [0.1, 0.15) is 0 Å². The number of amides is 2. The minimum absolute atomic E-state index is 0.0178. The van der Waals surface area contributed by atoms with Crippen molar-refractivity contribution in [3.8, 4) is 0 Å². The molecule has 0 fully saturated rings. The highest BCUT2D eigenvalue weighted by atomic mass is 32.2. The van der Waals surface area contributed by atoms with Gasteiger partial charge in [-0.25, -0.2) is 0 Å². The highest BCUT2D eigenvalue weighted by molar-refractivity contribution is 8.00. The summed E-state index contributed by atoms with van der Waals surface area (Å²) in [5, 5.41) is 2.69. The lowest BCUT2D eigenvalue weighted by molar-refractivity contribution is -0.117. The number of carbonyl (C=O) groups excluding carboxylic acids is 2. The van der Waals surface area contributed by atoms with Crippen molar-refractivity contribution in [2.45, 2.75) is 30.4 Å². The van der Waals surface area contributed by atoms with Crippen LogP contribution < -0.4 is 10.2 Å². The van der Waals surface area contributed by atoms with Crippen LogP contribution in [0.25, 0.3) is 0 Å². The number of nitrogens with one attached hydrogen (secondary N) is 1. The number of anilines is 3. The molecule has 0 aliphatic rings. The smallest absolute Gasteiger partial charge is 0.255 e. The Kier molecular flexibility index (Phi) is 8.01. The van der Waals surface area contributed by atoms with Crippen LogP contribution in [0.1, 0.15) is 29.3 Å².